The molecule has 1 heterocycles. The summed E-state index contributed by atoms with van der Waals surface area (Å²) in [4.78, 5) is 4.06. The number of hydrogen-bond acceptors (Lipinski definition) is 4. The van der Waals surface area contributed by atoms with Gasteiger partial charge in [-0.3, -0.25) is 0 Å². The summed E-state index contributed by atoms with van der Waals surface area (Å²) in [7, 11) is 0. The Bertz CT molecular complexity index is 307. The van der Waals surface area contributed by atoms with Gasteiger partial charge in [-0.25, -0.2) is 10.8 Å². The average Bonchev–Trinajstić information content (AvgIpc) is 2.79. The van der Waals surface area contributed by atoms with Gasteiger partial charge in [-0.05, 0) is 24.8 Å². The van der Waals surface area contributed by atoms with Crippen molar-refractivity contribution in [1.82, 2.24) is 4.98 Å². The van der Waals surface area contributed by atoms with Crippen LogP contribution in [0.5, 0.6) is 0 Å². The Morgan fingerprint density at radius 3 is 2.93 bits per heavy atom. The van der Waals surface area contributed by atoms with Crippen LogP contribution in [0.2, 0.25) is 0 Å². The van der Waals surface area contributed by atoms with E-state index in [4.69, 9.17) is 5.84 Å². The second kappa shape index (κ2) is 4.98. The van der Waals surface area contributed by atoms with E-state index in [9.17, 15) is 0 Å². The summed E-state index contributed by atoms with van der Waals surface area (Å²) in [6, 6.07) is 3.89. The van der Waals surface area contributed by atoms with Crippen LogP contribution < -0.4 is 16.6 Å². The molecule has 1 aromatic heterocycles. The highest BCUT2D eigenvalue weighted by atomic mass is 15.2. The quantitative estimate of drug-likeness (QED) is 0.520. The van der Waals surface area contributed by atoms with Crippen LogP contribution in [0.4, 0.5) is 11.5 Å². The molecule has 1 aromatic rings. The number of nitrogens with zero attached hydrogens (tertiary/aromatic N) is 1. The van der Waals surface area contributed by atoms with E-state index < -0.39 is 0 Å². The smallest absolute Gasteiger partial charge is 0.141 e. The number of hydrazine groups is 1. The fourth-order valence-corrected chi connectivity index (χ4v) is 2.10. The van der Waals surface area contributed by atoms with Gasteiger partial charge in [0.15, 0.2) is 0 Å². The molecule has 1 aliphatic carbocycles. The van der Waals surface area contributed by atoms with Gasteiger partial charge in [-0.2, -0.15) is 0 Å². The maximum absolute atomic E-state index is 5.30. The van der Waals surface area contributed by atoms with Crippen molar-refractivity contribution in [2.24, 2.45) is 11.8 Å². The van der Waals surface area contributed by atoms with Crippen molar-refractivity contribution >= 4 is 11.5 Å². The number of nitrogens with two attached hydrogens (primary N) is 1. The summed E-state index contributed by atoms with van der Waals surface area (Å²) >= 11 is 0. The molecule has 4 N–H and O–H groups in total. The number of nitrogen functional groups attached to an aromatic ring is 1. The van der Waals surface area contributed by atoms with E-state index in [1.807, 2.05) is 12.1 Å². The minimum atomic E-state index is 0.700. The molecule has 0 unspecified atom stereocenters. The van der Waals surface area contributed by atoms with E-state index in [1.54, 1.807) is 6.20 Å². The minimum Gasteiger partial charge on any atom is -0.385 e. The lowest BCUT2D eigenvalue weighted by Gasteiger charge is -2.12. The van der Waals surface area contributed by atoms with E-state index in [2.05, 4.69) is 15.7 Å². The number of rotatable bonds is 4. The van der Waals surface area contributed by atoms with Gasteiger partial charge in [0.05, 0.1) is 0 Å². The zero-order valence-electron chi connectivity index (χ0n) is 8.87. The van der Waals surface area contributed by atoms with E-state index in [0.29, 0.717) is 5.82 Å². The SMILES string of the molecule is NNc1cc(NCC2CCCC2)ccn1. The molecule has 0 aliphatic heterocycles. The van der Waals surface area contributed by atoms with Gasteiger partial charge in [0, 0.05) is 24.5 Å². The monoisotopic (exact) mass is 206 g/mol. The number of aromatic nitrogens is 1. The molecule has 0 bridgehead atoms. The molecule has 4 heteroatoms. The first-order valence-electron chi connectivity index (χ1n) is 5.55. The van der Waals surface area contributed by atoms with Gasteiger partial charge >= 0.3 is 0 Å². The highest BCUT2D eigenvalue weighted by Gasteiger charge is 2.14. The Morgan fingerprint density at radius 2 is 2.20 bits per heavy atom. The lowest BCUT2D eigenvalue weighted by Crippen LogP contribution is -2.12. The van der Waals surface area contributed by atoms with Gasteiger partial charge in [0.25, 0.3) is 0 Å². The summed E-state index contributed by atoms with van der Waals surface area (Å²) in [6.07, 6.45) is 7.25. The van der Waals surface area contributed by atoms with Crippen LogP contribution in [0.3, 0.4) is 0 Å². The van der Waals surface area contributed by atoms with Crippen LogP contribution in [0.25, 0.3) is 0 Å². The zero-order chi connectivity index (χ0) is 10.5. The third kappa shape index (κ3) is 2.83. The fourth-order valence-electron chi connectivity index (χ4n) is 2.10. The predicted octanol–water partition coefficient (Wildman–Crippen LogP) is 1.97. The second-order valence-electron chi connectivity index (χ2n) is 4.11. The van der Waals surface area contributed by atoms with Crippen molar-refractivity contribution in [3.8, 4) is 0 Å². The highest BCUT2D eigenvalue weighted by molar-refractivity contribution is 5.51. The van der Waals surface area contributed by atoms with Crippen LogP contribution in [0.15, 0.2) is 18.3 Å². The minimum absolute atomic E-state index is 0.700. The van der Waals surface area contributed by atoms with Crippen molar-refractivity contribution in [1.29, 1.82) is 0 Å². The van der Waals surface area contributed by atoms with Crippen molar-refractivity contribution < 1.29 is 0 Å². The molecule has 0 atom stereocenters. The summed E-state index contributed by atoms with van der Waals surface area (Å²) in [6.45, 7) is 1.06. The van der Waals surface area contributed by atoms with Gasteiger partial charge in [0.1, 0.15) is 5.82 Å². The molecule has 0 saturated heterocycles. The molecule has 1 saturated carbocycles. The Balaban J connectivity index is 1.86. The first-order chi connectivity index (χ1) is 7.38. The Morgan fingerprint density at radius 1 is 1.40 bits per heavy atom. The van der Waals surface area contributed by atoms with Gasteiger partial charge in [-0.1, -0.05) is 12.8 Å². The maximum atomic E-state index is 5.30. The van der Waals surface area contributed by atoms with Gasteiger partial charge in [-0.15, -0.1) is 0 Å². The largest absolute Gasteiger partial charge is 0.385 e. The van der Waals surface area contributed by atoms with Crippen LogP contribution in [-0.2, 0) is 0 Å². The molecule has 0 amide bonds. The average molecular weight is 206 g/mol. The third-order valence-electron chi connectivity index (χ3n) is 2.98. The number of anilines is 2. The van der Waals surface area contributed by atoms with Crippen molar-refractivity contribution in [3.05, 3.63) is 18.3 Å². The first-order valence-corrected chi connectivity index (χ1v) is 5.55. The highest BCUT2D eigenvalue weighted by Crippen LogP contribution is 2.25. The zero-order valence-corrected chi connectivity index (χ0v) is 8.87. The molecule has 1 aliphatic rings. The van der Waals surface area contributed by atoms with E-state index in [0.717, 1.165) is 18.2 Å². The molecule has 4 nitrogen and oxygen atoms in total. The topological polar surface area (TPSA) is 63.0 Å². The molecular formula is C11H18N4. The summed E-state index contributed by atoms with van der Waals surface area (Å²) in [5.74, 6) is 6.84. The van der Waals surface area contributed by atoms with E-state index >= 15 is 0 Å². The van der Waals surface area contributed by atoms with Crippen LogP contribution in [-0.4, -0.2) is 11.5 Å². The van der Waals surface area contributed by atoms with Gasteiger partial charge < -0.3 is 10.7 Å². The molecular weight excluding hydrogens is 188 g/mol. The van der Waals surface area contributed by atoms with Crippen LogP contribution in [0.1, 0.15) is 25.7 Å². The maximum Gasteiger partial charge on any atom is 0.141 e. The van der Waals surface area contributed by atoms with Crippen molar-refractivity contribution in [2.45, 2.75) is 25.7 Å². The molecule has 2 rings (SSSR count). The second-order valence-corrected chi connectivity index (χ2v) is 4.11. The standard InChI is InChI=1S/C11H18N4/c12-15-11-7-10(5-6-13-11)14-8-9-3-1-2-4-9/h5-7,9H,1-4,8,12H2,(H2,13,14,15). The van der Waals surface area contributed by atoms with Crippen LogP contribution >= 0.6 is 0 Å². The first kappa shape index (κ1) is 10.2. The van der Waals surface area contributed by atoms with E-state index in [1.165, 1.54) is 25.7 Å². The molecule has 82 valence electrons. The molecule has 1 fully saturated rings. The summed E-state index contributed by atoms with van der Waals surface area (Å²) < 4.78 is 0. The molecule has 0 radical (unpaired) electrons. The molecule has 0 aromatic carbocycles. The fraction of sp³-hybridized carbons (Fsp3) is 0.545. The van der Waals surface area contributed by atoms with Crippen molar-refractivity contribution in [3.63, 3.8) is 0 Å². The normalized spacial score (nSPS) is 16.6. The number of pyridine rings is 1. The Kier molecular flexibility index (Phi) is 3.40. The summed E-state index contributed by atoms with van der Waals surface area (Å²) in [5.41, 5.74) is 3.63. The van der Waals surface area contributed by atoms with Crippen LogP contribution in [0, 0.1) is 5.92 Å². The number of hydrogen-bond donors (Lipinski definition) is 3. The Labute approximate surface area is 90.2 Å². The van der Waals surface area contributed by atoms with Gasteiger partial charge in [0.2, 0.25) is 0 Å². The molecule has 0 spiro atoms. The molecule has 15 heavy (non-hydrogen) atoms. The lowest BCUT2D eigenvalue weighted by atomic mass is 10.1. The van der Waals surface area contributed by atoms with E-state index in [-0.39, 0.29) is 0 Å². The third-order valence-corrected chi connectivity index (χ3v) is 2.98. The predicted molar refractivity (Wildman–Crippen MR) is 62.5 cm³/mol. The summed E-state index contributed by atoms with van der Waals surface area (Å²) in [5, 5.41) is 3.43. The number of nitrogens with one attached hydrogen (secondary N) is 2. The lowest BCUT2D eigenvalue weighted by molar-refractivity contribution is 0.580. The Hall–Kier alpha value is -1.29. The van der Waals surface area contributed by atoms with Crippen molar-refractivity contribution in [2.75, 3.05) is 17.3 Å².